The van der Waals surface area contributed by atoms with E-state index in [4.69, 9.17) is 0 Å². The number of nitrogens with one attached hydrogen (secondary N) is 1. The highest BCUT2D eigenvalue weighted by Gasteiger charge is 2.34. The van der Waals surface area contributed by atoms with E-state index >= 15 is 0 Å². The fourth-order valence-corrected chi connectivity index (χ4v) is 5.68. The number of sulfonamides is 2. The summed E-state index contributed by atoms with van der Waals surface area (Å²) in [4.78, 5) is 5.15. The molecule has 0 atom stereocenters. The average molecular weight is 406 g/mol. The summed E-state index contributed by atoms with van der Waals surface area (Å²) in [6.07, 6.45) is 2.56. The van der Waals surface area contributed by atoms with E-state index in [1.54, 1.807) is 0 Å². The molecule has 1 aromatic heterocycles. The Bertz CT molecular complexity index is 974. The first-order valence-electron chi connectivity index (χ1n) is 7.67. The predicted molar refractivity (Wildman–Crippen MR) is 87.1 cm³/mol. The highest BCUT2D eigenvalue weighted by Crippen LogP contribution is 2.24. The van der Waals surface area contributed by atoms with Gasteiger partial charge in [-0.1, -0.05) is 6.07 Å². The number of aromatic amines is 1. The topological polar surface area (TPSA) is 103 Å². The van der Waals surface area contributed by atoms with Crippen molar-refractivity contribution in [1.29, 1.82) is 0 Å². The summed E-state index contributed by atoms with van der Waals surface area (Å²) in [5.41, 5.74) is 0. The van der Waals surface area contributed by atoms with E-state index in [0.717, 1.165) is 33.0 Å². The van der Waals surface area contributed by atoms with Gasteiger partial charge in [0.1, 0.15) is 11.6 Å². The zero-order chi connectivity index (χ0) is 18.9. The number of H-pyrrole nitrogens is 1. The Labute approximate surface area is 149 Å². The van der Waals surface area contributed by atoms with Gasteiger partial charge in [-0.3, -0.25) is 0 Å². The number of aromatic nitrogens is 2. The summed E-state index contributed by atoms with van der Waals surface area (Å²) in [5.74, 6) is -2.37. The molecule has 0 saturated carbocycles. The van der Waals surface area contributed by atoms with Gasteiger partial charge < -0.3 is 4.98 Å². The smallest absolute Gasteiger partial charge is 0.260 e. The van der Waals surface area contributed by atoms with Gasteiger partial charge in [-0.2, -0.15) is 8.61 Å². The van der Waals surface area contributed by atoms with Crippen molar-refractivity contribution in [1.82, 2.24) is 18.6 Å². The van der Waals surface area contributed by atoms with Gasteiger partial charge in [0.05, 0.1) is 12.5 Å². The van der Waals surface area contributed by atoms with E-state index in [-0.39, 0.29) is 37.6 Å². The molecule has 1 saturated heterocycles. The van der Waals surface area contributed by atoms with Crippen LogP contribution >= 0.6 is 0 Å². The molecule has 3 rings (SSSR count). The van der Waals surface area contributed by atoms with E-state index < -0.39 is 36.6 Å². The SMILES string of the molecule is O=S(=O)(c1cnc[nH]1)N1CCCN(S(=O)(=O)c2c(F)cccc2F)CC1. The lowest BCUT2D eigenvalue weighted by atomic mass is 10.3. The molecule has 1 aliphatic heterocycles. The Hall–Kier alpha value is -1.89. The molecular formula is C14H16F2N4O4S2. The fourth-order valence-electron chi connectivity index (χ4n) is 2.73. The van der Waals surface area contributed by atoms with Crippen molar-refractivity contribution in [3.8, 4) is 0 Å². The van der Waals surface area contributed by atoms with Gasteiger partial charge >= 0.3 is 0 Å². The highest BCUT2D eigenvalue weighted by atomic mass is 32.2. The number of hydrogen-bond acceptors (Lipinski definition) is 5. The molecule has 1 fully saturated rings. The minimum Gasteiger partial charge on any atom is -0.335 e. The molecule has 1 aliphatic rings. The van der Waals surface area contributed by atoms with Crippen molar-refractivity contribution < 1.29 is 25.6 Å². The molecule has 0 amide bonds. The average Bonchev–Trinajstić information content (AvgIpc) is 2.99. The summed E-state index contributed by atoms with van der Waals surface area (Å²) in [7, 11) is -8.27. The van der Waals surface area contributed by atoms with Gasteiger partial charge in [-0.25, -0.2) is 30.6 Å². The first-order chi connectivity index (χ1) is 12.2. The molecule has 1 aromatic carbocycles. The largest absolute Gasteiger partial charge is 0.335 e. The van der Waals surface area contributed by atoms with Crippen LogP contribution in [0.5, 0.6) is 0 Å². The maximum atomic E-state index is 13.9. The molecule has 0 bridgehead atoms. The molecule has 0 unspecified atom stereocenters. The normalized spacial score (nSPS) is 17.9. The fraction of sp³-hybridized carbons (Fsp3) is 0.357. The van der Waals surface area contributed by atoms with E-state index in [2.05, 4.69) is 9.97 Å². The first-order valence-corrected chi connectivity index (χ1v) is 10.6. The second-order valence-corrected chi connectivity index (χ2v) is 9.41. The molecule has 2 heterocycles. The quantitative estimate of drug-likeness (QED) is 0.808. The Morgan fingerprint density at radius 1 is 0.923 bits per heavy atom. The number of imidazole rings is 1. The van der Waals surface area contributed by atoms with Gasteiger partial charge in [0, 0.05) is 26.2 Å². The summed E-state index contributed by atoms with van der Waals surface area (Å²) in [6.45, 7) is -0.335. The number of hydrogen-bond donors (Lipinski definition) is 1. The summed E-state index contributed by atoms with van der Waals surface area (Å²) in [5, 5.41) is -0.103. The zero-order valence-corrected chi connectivity index (χ0v) is 15.1. The van der Waals surface area contributed by atoms with Gasteiger partial charge in [-0.15, -0.1) is 0 Å². The third-order valence-corrected chi connectivity index (χ3v) is 7.80. The second kappa shape index (κ2) is 7.02. The van der Waals surface area contributed by atoms with Crippen LogP contribution in [0.4, 0.5) is 8.78 Å². The first kappa shape index (κ1) is 18.9. The van der Waals surface area contributed by atoms with Crippen LogP contribution in [0.2, 0.25) is 0 Å². The summed E-state index contributed by atoms with van der Waals surface area (Å²) in [6, 6.07) is 2.80. The number of nitrogens with zero attached hydrogens (tertiary/aromatic N) is 3. The van der Waals surface area contributed by atoms with Crippen molar-refractivity contribution in [2.45, 2.75) is 16.3 Å². The second-order valence-electron chi connectivity index (χ2n) is 5.63. The molecule has 142 valence electrons. The lowest BCUT2D eigenvalue weighted by Crippen LogP contribution is -2.38. The van der Waals surface area contributed by atoms with Crippen LogP contribution in [0.1, 0.15) is 6.42 Å². The van der Waals surface area contributed by atoms with Crippen molar-refractivity contribution in [2.24, 2.45) is 0 Å². The van der Waals surface area contributed by atoms with E-state index in [1.807, 2.05) is 0 Å². The Morgan fingerprint density at radius 2 is 1.50 bits per heavy atom. The summed E-state index contributed by atoms with van der Waals surface area (Å²) < 4.78 is 80.1. The van der Waals surface area contributed by atoms with Crippen LogP contribution in [0.25, 0.3) is 0 Å². The lowest BCUT2D eigenvalue weighted by Gasteiger charge is -2.21. The van der Waals surface area contributed by atoms with E-state index in [9.17, 15) is 25.6 Å². The third-order valence-electron chi connectivity index (χ3n) is 4.02. The highest BCUT2D eigenvalue weighted by molar-refractivity contribution is 7.89. The van der Waals surface area contributed by atoms with Crippen molar-refractivity contribution in [3.63, 3.8) is 0 Å². The maximum Gasteiger partial charge on any atom is 0.260 e. The van der Waals surface area contributed by atoms with Crippen LogP contribution in [-0.2, 0) is 20.0 Å². The molecule has 12 heteroatoms. The van der Waals surface area contributed by atoms with Crippen molar-refractivity contribution in [3.05, 3.63) is 42.4 Å². The number of halogens is 2. The van der Waals surface area contributed by atoms with Crippen molar-refractivity contribution in [2.75, 3.05) is 26.2 Å². The monoisotopic (exact) mass is 406 g/mol. The van der Waals surface area contributed by atoms with Gasteiger partial charge in [0.2, 0.25) is 10.0 Å². The third kappa shape index (κ3) is 3.37. The van der Waals surface area contributed by atoms with E-state index in [1.165, 1.54) is 6.33 Å². The lowest BCUT2D eigenvalue weighted by molar-refractivity contribution is 0.398. The van der Waals surface area contributed by atoms with Crippen molar-refractivity contribution >= 4 is 20.0 Å². The van der Waals surface area contributed by atoms with E-state index in [0.29, 0.717) is 0 Å². The zero-order valence-electron chi connectivity index (χ0n) is 13.5. The van der Waals surface area contributed by atoms with Crippen LogP contribution in [0, 0.1) is 11.6 Å². The molecule has 8 nitrogen and oxygen atoms in total. The molecule has 0 spiro atoms. The van der Waals surface area contributed by atoms with Gasteiger partial charge in [0.15, 0.2) is 9.92 Å². The molecule has 0 aliphatic carbocycles. The molecule has 2 aromatic rings. The van der Waals surface area contributed by atoms with Crippen LogP contribution in [0.3, 0.4) is 0 Å². The van der Waals surface area contributed by atoms with Gasteiger partial charge in [0.25, 0.3) is 10.0 Å². The maximum absolute atomic E-state index is 13.9. The minimum absolute atomic E-state index is 0.0505. The number of rotatable bonds is 4. The Kier molecular flexibility index (Phi) is 5.10. The predicted octanol–water partition coefficient (Wildman–Crippen LogP) is 0.773. The molecule has 1 N–H and O–H groups in total. The molecule has 26 heavy (non-hydrogen) atoms. The Balaban J connectivity index is 1.85. The minimum atomic E-state index is -4.43. The molecule has 0 radical (unpaired) electrons. The number of benzene rings is 1. The van der Waals surface area contributed by atoms with Crippen LogP contribution < -0.4 is 0 Å². The molecular weight excluding hydrogens is 390 g/mol. The van der Waals surface area contributed by atoms with Gasteiger partial charge in [-0.05, 0) is 18.6 Å². The van der Waals surface area contributed by atoms with Crippen LogP contribution in [0.15, 0.2) is 40.6 Å². The standard InChI is InChI=1S/C14H16F2N4O4S2/c15-11-3-1-4-12(16)14(11)26(23,24)20-6-2-5-19(7-8-20)25(21,22)13-9-17-10-18-13/h1,3-4,9-10H,2,5-8H2,(H,17,18). The summed E-state index contributed by atoms with van der Waals surface area (Å²) >= 11 is 0. The Morgan fingerprint density at radius 3 is 2.04 bits per heavy atom. The van der Waals surface area contributed by atoms with Crippen LogP contribution in [-0.4, -0.2) is 61.6 Å².